The fourth-order valence-electron chi connectivity index (χ4n) is 1.65. The van der Waals surface area contributed by atoms with Crippen LogP contribution in [0.2, 0.25) is 0 Å². The number of hydrogen-bond donors (Lipinski definition) is 1. The predicted molar refractivity (Wildman–Crippen MR) is 52.7 cm³/mol. The zero-order valence-electron chi connectivity index (χ0n) is 8.17. The Hall–Kier alpha value is -0.920. The first-order valence-electron chi connectivity index (χ1n) is 4.71. The zero-order valence-corrected chi connectivity index (χ0v) is 8.98. The summed E-state index contributed by atoms with van der Waals surface area (Å²) in [5.74, 6) is 0. The standard InChI is InChI=1S/C8H13N3O3S/c9-15(12,13)8-5-11(6-10-8)7-1-3-14-4-2-7/h5-7H,1-4H2,(H2,9,12,13). The summed E-state index contributed by atoms with van der Waals surface area (Å²) in [4.78, 5) is 3.77. The van der Waals surface area contributed by atoms with Gasteiger partial charge in [0.15, 0.2) is 5.03 Å². The maximum Gasteiger partial charge on any atom is 0.257 e. The summed E-state index contributed by atoms with van der Waals surface area (Å²) in [5.41, 5.74) is 0. The van der Waals surface area contributed by atoms with E-state index in [2.05, 4.69) is 4.98 Å². The number of primary sulfonamides is 1. The van der Waals surface area contributed by atoms with Crippen molar-refractivity contribution in [3.05, 3.63) is 12.5 Å². The fourth-order valence-corrected chi connectivity index (χ4v) is 2.11. The molecule has 1 aliphatic heterocycles. The molecule has 84 valence electrons. The van der Waals surface area contributed by atoms with Crippen molar-refractivity contribution in [3.63, 3.8) is 0 Å². The van der Waals surface area contributed by atoms with Crippen molar-refractivity contribution in [2.24, 2.45) is 5.14 Å². The molecule has 1 fully saturated rings. The highest BCUT2D eigenvalue weighted by Crippen LogP contribution is 2.21. The van der Waals surface area contributed by atoms with Crippen molar-refractivity contribution < 1.29 is 13.2 Å². The molecule has 7 heteroatoms. The molecule has 0 radical (unpaired) electrons. The van der Waals surface area contributed by atoms with Gasteiger partial charge in [0.25, 0.3) is 10.0 Å². The highest BCUT2D eigenvalue weighted by Gasteiger charge is 2.18. The van der Waals surface area contributed by atoms with Crippen molar-refractivity contribution in [3.8, 4) is 0 Å². The first-order chi connectivity index (χ1) is 7.07. The van der Waals surface area contributed by atoms with Gasteiger partial charge in [-0.05, 0) is 12.8 Å². The summed E-state index contributed by atoms with van der Waals surface area (Å²) < 4.78 is 29.0. The van der Waals surface area contributed by atoms with Crippen LogP contribution in [0, 0.1) is 0 Å². The molecule has 1 aromatic rings. The molecule has 2 heterocycles. The lowest BCUT2D eigenvalue weighted by atomic mass is 10.1. The molecule has 2 rings (SSSR count). The van der Waals surface area contributed by atoms with Crippen LogP contribution < -0.4 is 5.14 Å². The number of sulfonamides is 1. The minimum atomic E-state index is -3.68. The second-order valence-corrected chi connectivity index (χ2v) is 5.06. The highest BCUT2D eigenvalue weighted by atomic mass is 32.2. The largest absolute Gasteiger partial charge is 0.381 e. The van der Waals surface area contributed by atoms with E-state index in [9.17, 15) is 8.42 Å². The van der Waals surface area contributed by atoms with E-state index in [1.165, 1.54) is 12.5 Å². The quantitative estimate of drug-likeness (QED) is 0.768. The summed E-state index contributed by atoms with van der Waals surface area (Å²) in [6.45, 7) is 1.40. The average Bonchev–Trinajstić information content (AvgIpc) is 2.67. The second kappa shape index (κ2) is 3.92. The van der Waals surface area contributed by atoms with Crippen LogP contribution in [0.1, 0.15) is 18.9 Å². The molecule has 0 saturated carbocycles. The topological polar surface area (TPSA) is 87.2 Å². The van der Waals surface area contributed by atoms with E-state index in [-0.39, 0.29) is 11.1 Å². The number of imidazole rings is 1. The van der Waals surface area contributed by atoms with Crippen LogP contribution in [0.5, 0.6) is 0 Å². The fraction of sp³-hybridized carbons (Fsp3) is 0.625. The van der Waals surface area contributed by atoms with Crippen LogP contribution in [0.3, 0.4) is 0 Å². The van der Waals surface area contributed by atoms with Crippen molar-refractivity contribution in [2.75, 3.05) is 13.2 Å². The molecule has 15 heavy (non-hydrogen) atoms. The van der Waals surface area contributed by atoms with Crippen molar-refractivity contribution in [1.29, 1.82) is 0 Å². The van der Waals surface area contributed by atoms with Crippen LogP contribution >= 0.6 is 0 Å². The molecule has 1 aromatic heterocycles. The summed E-state index contributed by atoms with van der Waals surface area (Å²) in [6, 6.07) is 0.266. The van der Waals surface area contributed by atoms with Gasteiger partial charge in [0.2, 0.25) is 0 Å². The number of nitrogens with zero attached hydrogens (tertiary/aromatic N) is 2. The van der Waals surface area contributed by atoms with E-state index in [1.807, 2.05) is 0 Å². The maximum atomic E-state index is 11.0. The van der Waals surface area contributed by atoms with Crippen LogP contribution in [0.15, 0.2) is 17.6 Å². The van der Waals surface area contributed by atoms with Gasteiger partial charge in [-0.2, -0.15) is 0 Å². The van der Waals surface area contributed by atoms with E-state index in [1.54, 1.807) is 4.57 Å². The van der Waals surface area contributed by atoms with E-state index >= 15 is 0 Å². The summed E-state index contributed by atoms with van der Waals surface area (Å²) in [7, 11) is -3.68. The molecule has 1 saturated heterocycles. The smallest absolute Gasteiger partial charge is 0.257 e. The number of nitrogens with two attached hydrogens (primary N) is 1. The average molecular weight is 231 g/mol. The molecular weight excluding hydrogens is 218 g/mol. The molecule has 0 amide bonds. The highest BCUT2D eigenvalue weighted by molar-refractivity contribution is 7.89. The van der Waals surface area contributed by atoms with Gasteiger partial charge in [-0.25, -0.2) is 18.5 Å². The third-order valence-corrected chi connectivity index (χ3v) is 3.28. The number of rotatable bonds is 2. The van der Waals surface area contributed by atoms with Crippen molar-refractivity contribution >= 4 is 10.0 Å². The van der Waals surface area contributed by atoms with Gasteiger partial charge in [-0.3, -0.25) is 0 Å². The van der Waals surface area contributed by atoms with E-state index < -0.39 is 10.0 Å². The molecule has 2 N–H and O–H groups in total. The van der Waals surface area contributed by atoms with Gasteiger partial charge in [0.05, 0.1) is 6.33 Å². The Morgan fingerprint density at radius 3 is 2.67 bits per heavy atom. The number of aromatic nitrogens is 2. The summed E-state index contributed by atoms with van der Waals surface area (Å²) >= 11 is 0. The Bertz CT molecular complexity index is 434. The van der Waals surface area contributed by atoms with E-state index in [0.717, 1.165) is 12.8 Å². The van der Waals surface area contributed by atoms with Crippen molar-refractivity contribution in [2.45, 2.75) is 23.9 Å². The minimum absolute atomic E-state index is 0.0750. The van der Waals surface area contributed by atoms with E-state index in [0.29, 0.717) is 13.2 Å². The van der Waals surface area contributed by atoms with Crippen molar-refractivity contribution in [1.82, 2.24) is 9.55 Å². The van der Waals surface area contributed by atoms with Gasteiger partial charge in [-0.15, -0.1) is 0 Å². The van der Waals surface area contributed by atoms with Crippen LogP contribution in [0.25, 0.3) is 0 Å². The second-order valence-electron chi connectivity index (χ2n) is 3.55. The van der Waals surface area contributed by atoms with Crippen LogP contribution in [0.4, 0.5) is 0 Å². The first-order valence-corrected chi connectivity index (χ1v) is 6.26. The van der Waals surface area contributed by atoms with Crippen LogP contribution in [-0.2, 0) is 14.8 Å². The number of hydrogen-bond acceptors (Lipinski definition) is 4. The summed E-state index contributed by atoms with van der Waals surface area (Å²) in [6.07, 6.45) is 4.74. The maximum absolute atomic E-state index is 11.0. The van der Waals surface area contributed by atoms with Crippen LogP contribution in [-0.4, -0.2) is 31.2 Å². The summed E-state index contributed by atoms with van der Waals surface area (Å²) in [5, 5.41) is 4.90. The lowest BCUT2D eigenvalue weighted by molar-refractivity contribution is 0.0695. The molecule has 0 aromatic carbocycles. The molecular formula is C8H13N3O3S. The molecule has 0 bridgehead atoms. The van der Waals surface area contributed by atoms with Gasteiger partial charge in [0.1, 0.15) is 0 Å². The van der Waals surface area contributed by atoms with Gasteiger partial charge >= 0.3 is 0 Å². The van der Waals surface area contributed by atoms with Gasteiger partial charge in [-0.1, -0.05) is 0 Å². The van der Waals surface area contributed by atoms with Gasteiger partial charge < -0.3 is 9.30 Å². The first kappa shape index (κ1) is 10.6. The van der Waals surface area contributed by atoms with Gasteiger partial charge in [0, 0.05) is 25.5 Å². The SMILES string of the molecule is NS(=O)(=O)c1cn(C2CCOCC2)cn1. The molecule has 1 aliphatic rings. The molecule has 0 atom stereocenters. The minimum Gasteiger partial charge on any atom is -0.381 e. The Morgan fingerprint density at radius 2 is 2.13 bits per heavy atom. The number of ether oxygens (including phenoxy) is 1. The molecule has 0 spiro atoms. The third kappa shape index (κ3) is 2.36. The Morgan fingerprint density at radius 1 is 1.47 bits per heavy atom. The third-order valence-electron chi connectivity index (χ3n) is 2.48. The molecule has 6 nitrogen and oxygen atoms in total. The Balaban J connectivity index is 2.19. The molecule has 0 unspecified atom stereocenters. The Kier molecular flexibility index (Phi) is 2.76. The van der Waals surface area contributed by atoms with E-state index in [4.69, 9.17) is 9.88 Å². The lowest BCUT2D eigenvalue weighted by Gasteiger charge is -2.22. The Labute approximate surface area is 88.1 Å². The molecule has 0 aliphatic carbocycles. The lowest BCUT2D eigenvalue weighted by Crippen LogP contribution is -2.18. The normalized spacial score (nSPS) is 19.3. The zero-order chi connectivity index (χ0) is 10.9. The monoisotopic (exact) mass is 231 g/mol. The predicted octanol–water partition coefficient (Wildman–Crippen LogP) is -0.118.